The molecule has 1 amide bonds. The highest BCUT2D eigenvalue weighted by Gasteiger charge is 2.27. The Balaban J connectivity index is 2.17. The van der Waals surface area contributed by atoms with Crippen molar-refractivity contribution in [1.82, 2.24) is 4.90 Å². The van der Waals surface area contributed by atoms with Gasteiger partial charge in [-0.05, 0) is 25.0 Å². The quantitative estimate of drug-likeness (QED) is 0.786. The summed E-state index contributed by atoms with van der Waals surface area (Å²) in [6.45, 7) is 1.94. The number of carbonyl (C=O) groups is 2. The standard InChI is InChI=1S/C17H19NO2/c1-2-3-5-10-17(20)18-12-11-15(19)13-16(18)14-8-6-4-7-9-14/h2-4,6-9,11-12,16H,5,10,13H2,1H3/b3-2+. The van der Waals surface area contributed by atoms with Gasteiger partial charge in [0.25, 0.3) is 0 Å². The second-order valence-electron chi connectivity index (χ2n) is 4.82. The first kappa shape index (κ1) is 14.3. The zero-order chi connectivity index (χ0) is 14.4. The third kappa shape index (κ3) is 3.44. The Hall–Kier alpha value is -2.16. The molecule has 0 aromatic heterocycles. The molecule has 20 heavy (non-hydrogen) atoms. The molecule has 0 saturated heterocycles. The molecule has 3 nitrogen and oxygen atoms in total. The Morgan fingerprint density at radius 3 is 2.80 bits per heavy atom. The first-order chi connectivity index (χ1) is 9.72. The number of carbonyl (C=O) groups excluding carboxylic acids is 2. The largest absolute Gasteiger partial charge is 0.311 e. The van der Waals surface area contributed by atoms with E-state index in [1.165, 1.54) is 6.08 Å². The molecule has 2 rings (SSSR count). The SMILES string of the molecule is C/C=C/CCC(=O)N1C=CC(=O)CC1c1ccccc1. The third-order valence-corrected chi connectivity index (χ3v) is 3.38. The van der Waals surface area contributed by atoms with E-state index in [0.717, 1.165) is 12.0 Å². The Bertz CT molecular complexity index is 531. The Morgan fingerprint density at radius 2 is 2.10 bits per heavy atom. The minimum atomic E-state index is -0.174. The minimum Gasteiger partial charge on any atom is -0.311 e. The third-order valence-electron chi connectivity index (χ3n) is 3.38. The van der Waals surface area contributed by atoms with Crippen LogP contribution < -0.4 is 0 Å². The molecule has 0 fully saturated rings. The van der Waals surface area contributed by atoms with Gasteiger partial charge < -0.3 is 4.90 Å². The molecule has 0 bridgehead atoms. The predicted octanol–water partition coefficient (Wildman–Crippen LogP) is 3.40. The van der Waals surface area contributed by atoms with Gasteiger partial charge in [0.15, 0.2) is 5.78 Å². The van der Waals surface area contributed by atoms with Crippen LogP contribution in [-0.2, 0) is 9.59 Å². The number of amides is 1. The number of allylic oxidation sites excluding steroid dienone is 3. The lowest BCUT2D eigenvalue weighted by molar-refractivity contribution is -0.132. The summed E-state index contributed by atoms with van der Waals surface area (Å²) in [5.41, 5.74) is 1.00. The Labute approximate surface area is 119 Å². The van der Waals surface area contributed by atoms with Gasteiger partial charge in [-0.15, -0.1) is 0 Å². The lowest BCUT2D eigenvalue weighted by atomic mass is 9.97. The summed E-state index contributed by atoms with van der Waals surface area (Å²) in [7, 11) is 0. The molecule has 1 aliphatic heterocycles. The predicted molar refractivity (Wildman–Crippen MR) is 78.8 cm³/mol. The zero-order valence-corrected chi connectivity index (χ0v) is 11.7. The van der Waals surface area contributed by atoms with Gasteiger partial charge in [-0.3, -0.25) is 9.59 Å². The van der Waals surface area contributed by atoms with Crippen molar-refractivity contribution in [2.75, 3.05) is 0 Å². The van der Waals surface area contributed by atoms with Crippen LogP contribution in [0, 0.1) is 0 Å². The molecule has 104 valence electrons. The molecule has 1 unspecified atom stereocenters. The van der Waals surface area contributed by atoms with Crippen LogP contribution in [-0.4, -0.2) is 16.6 Å². The molecule has 0 saturated carbocycles. The van der Waals surface area contributed by atoms with Crippen molar-refractivity contribution in [2.45, 2.75) is 32.2 Å². The molecule has 0 aliphatic carbocycles. The number of nitrogens with zero attached hydrogens (tertiary/aromatic N) is 1. The zero-order valence-electron chi connectivity index (χ0n) is 11.7. The first-order valence-corrected chi connectivity index (χ1v) is 6.90. The van der Waals surface area contributed by atoms with Crippen molar-refractivity contribution in [3.05, 3.63) is 60.3 Å². The van der Waals surface area contributed by atoms with E-state index in [-0.39, 0.29) is 17.7 Å². The maximum atomic E-state index is 12.3. The molecule has 1 atom stereocenters. The maximum Gasteiger partial charge on any atom is 0.227 e. The lowest BCUT2D eigenvalue weighted by Crippen LogP contribution is -2.34. The van der Waals surface area contributed by atoms with Crippen molar-refractivity contribution in [1.29, 1.82) is 0 Å². The normalized spacial score (nSPS) is 18.8. The van der Waals surface area contributed by atoms with E-state index in [1.807, 2.05) is 49.4 Å². The average molecular weight is 269 g/mol. The van der Waals surface area contributed by atoms with Crippen molar-refractivity contribution in [2.24, 2.45) is 0 Å². The smallest absolute Gasteiger partial charge is 0.227 e. The molecular weight excluding hydrogens is 250 g/mol. The molecule has 0 radical (unpaired) electrons. The molecule has 3 heteroatoms. The van der Waals surface area contributed by atoms with E-state index in [4.69, 9.17) is 0 Å². The van der Waals surface area contributed by atoms with Gasteiger partial charge in [-0.2, -0.15) is 0 Å². The van der Waals surface area contributed by atoms with Gasteiger partial charge >= 0.3 is 0 Å². The Kier molecular flexibility index (Phi) is 4.88. The summed E-state index contributed by atoms with van der Waals surface area (Å²) in [6, 6.07) is 9.54. The van der Waals surface area contributed by atoms with Gasteiger partial charge in [0, 0.05) is 19.0 Å². The van der Waals surface area contributed by atoms with Crippen molar-refractivity contribution in [3.63, 3.8) is 0 Å². The van der Waals surface area contributed by atoms with Gasteiger partial charge in [-0.25, -0.2) is 0 Å². The average Bonchev–Trinajstić information content (AvgIpc) is 2.48. The molecule has 1 heterocycles. The maximum absolute atomic E-state index is 12.3. The lowest BCUT2D eigenvalue weighted by Gasteiger charge is -2.31. The van der Waals surface area contributed by atoms with Crippen molar-refractivity contribution >= 4 is 11.7 Å². The second-order valence-corrected chi connectivity index (χ2v) is 4.82. The number of ketones is 1. The van der Waals surface area contributed by atoms with Crippen LogP contribution in [0.4, 0.5) is 0 Å². The van der Waals surface area contributed by atoms with E-state index >= 15 is 0 Å². The van der Waals surface area contributed by atoms with E-state index < -0.39 is 0 Å². The van der Waals surface area contributed by atoms with Crippen molar-refractivity contribution in [3.8, 4) is 0 Å². The summed E-state index contributed by atoms with van der Waals surface area (Å²) in [4.78, 5) is 25.6. The van der Waals surface area contributed by atoms with Gasteiger partial charge in [0.1, 0.15) is 0 Å². The van der Waals surface area contributed by atoms with Crippen LogP contribution in [0.3, 0.4) is 0 Å². The summed E-state index contributed by atoms with van der Waals surface area (Å²) in [5.74, 6) is 0.122. The van der Waals surface area contributed by atoms with Crippen LogP contribution in [0.5, 0.6) is 0 Å². The summed E-state index contributed by atoms with van der Waals surface area (Å²) < 4.78 is 0. The molecule has 0 spiro atoms. The van der Waals surface area contributed by atoms with E-state index in [1.54, 1.807) is 11.1 Å². The Morgan fingerprint density at radius 1 is 1.35 bits per heavy atom. The van der Waals surface area contributed by atoms with E-state index in [0.29, 0.717) is 12.8 Å². The van der Waals surface area contributed by atoms with Gasteiger partial charge in [-0.1, -0.05) is 42.5 Å². The monoisotopic (exact) mass is 269 g/mol. The molecule has 1 aromatic carbocycles. The number of hydrogen-bond donors (Lipinski definition) is 0. The fourth-order valence-electron chi connectivity index (χ4n) is 2.34. The molecular formula is C17H19NO2. The highest BCUT2D eigenvalue weighted by Crippen LogP contribution is 2.29. The summed E-state index contributed by atoms with van der Waals surface area (Å²) in [5, 5.41) is 0. The van der Waals surface area contributed by atoms with Crippen LogP contribution in [0.15, 0.2) is 54.8 Å². The summed E-state index contributed by atoms with van der Waals surface area (Å²) in [6.07, 6.45) is 8.59. The highest BCUT2D eigenvalue weighted by atomic mass is 16.2. The van der Waals surface area contributed by atoms with Gasteiger partial charge in [0.05, 0.1) is 6.04 Å². The number of benzene rings is 1. The molecule has 1 aliphatic rings. The topological polar surface area (TPSA) is 37.4 Å². The fourth-order valence-corrected chi connectivity index (χ4v) is 2.34. The first-order valence-electron chi connectivity index (χ1n) is 6.90. The number of hydrogen-bond acceptors (Lipinski definition) is 2. The van der Waals surface area contributed by atoms with E-state index in [9.17, 15) is 9.59 Å². The van der Waals surface area contributed by atoms with E-state index in [2.05, 4.69) is 0 Å². The van der Waals surface area contributed by atoms with Crippen molar-refractivity contribution < 1.29 is 9.59 Å². The van der Waals surface area contributed by atoms with Crippen LogP contribution in [0.1, 0.15) is 37.8 Å². The summed E-state index contributed by atoms with van der Waals surface area (Å²) >= 11 is 0. The second kappa shape index (κ2) is 6.85. The molecule has 0 N–H and O–H groups in total. The minimum absolute atomic E-state index is 0.0562. The van der Waals surface area contributed by atoms with Crippen LogP contribution in [0.2, 0.25) is 0 Å². The molecule has 1 aromatic rings. The number of rotatable bonds is 4. The van der Waals surface area contributed by atoms with Gasteiger partial charge in [0.2, 0.25) is 5.91 Å². The van der Waals surface area contributed by atoms with Crippen LogP contribution >= 0.6 is 0 Å². The van der Waals surface area contributed by atoms with Crippen LogP contribution in [0.25, 0.3) is 0 Å². The highest BCUT2D eigenvalue weighted by molar-refractivity contribution is 5.93. The fraction of sp³-hybridized carbons (Fsp3) is 0.294.